The van der Waals surface area contributed by atoms with Gasteiger partial charge >= 0.3 is 6.03 Å². The van der Waals surface area contributed by atoms with E-state index in [1.165, 1.54) is 0 Å². The van der Waals surface area contributed by atoms with Crippen molar-refractivity contribution < 1.29 is 14.4 Å². The van der Waals surface area contributed by atoms with Crippen LogP contribution in [0.1, 0.15) is 38.7 Å². The first-order chi connectivity index (χ1) is 11.9. The highest BCUT2D eigenvalue weighted by Gasteiger charge is 2.25. The van der Waals surface area contributed by atoms with E-state index in [-0.39, 0.29) is 17.7 Å². The fourth-order valence-corrected chi connectivity index (χ4v) is 2.87. The number of hydrogen-bond donors (Lipinski definition) is 3. The molecule has 2 unspecified atom stereocenters. The summed E-state index contributed by atoms with van der Waals surface area (Å²) in [6.07, 6.45) is 2.24. The second-order valence-electron chi connectivity index (χ2n) is 6.40. The number of primary amides is 1. The lowest BCUT2D eigenvalue weighted by molar-refractivity contribution is -0.124. The zero-order chi connectivity index (χ0) is 18.4. The first-order valence-electron chi connectivity index (χ1n) is 8.65. The van der Waals surface area contributed by atoms with Crippen molar-refractivity contribution in [3.8, 4) is 0 Å². The molecule has 4 amide bonds. The predicted molar refractivity (Wildman–Crippen MR) is 95.8 cm³/mol. The lowest BCUT2D eigenvalue weighted by Crippen LogP contribution is -2.51. The molecular formula is C18H26N4O3. The number of rotatable bonds is 7. The second kappa shape index (κ2) is 8.50. The molecule has 1 aliphatic rings. The Morgan fingerprint density at radius 1 is 1.28 bits per heavy atom. The third kappa shape index (κ3) is 4.95. The molecule has 0 aliphatic carbocycles. The number of anilines is 1. The van der Waals surface area contributed by atoms with Gasteiger partial charge < -0.3 is 21.3 Å². The van der Waals surface area contributed by atoms with E-state index in [0.717, 1.165) is 30.6 Å². The fraction of sp³-hybridized carbons (Fsp3) is 0.500. The quantitative estimate of drug-likeness (QED) is 0.697. The summed E-state index contributed by atoms with van der Waals surface area (Å²) in [7, 11) is 0. The minimum Gasteiger partial charge on any atom is -0.352 e. The number of nitrogens with zero attached hydrogens (tertiary/aromatic N) is 1. The Hall–Kier alpha value is -2.57. The van der Waals surface area contributed by atoms with Gasteiger partial charge in [-0.1, -0.05) is 32.4 Å². The Morgan fingerprint density at radius 2 is 1.96 bits per heavy atom. The van der Waals surface area contributed by atoms with Crippen LogP contribution in [0.4, 0.5) is 10.5 Å². The Morgan fingerprint density at radius 3 is 2.48 bits per heavy atom. The topological polar surface area (TPSA) is 105 Å². The van der Waals surface area contributed by atoms with Crippen LogP contribution in [-0.2, 0) is 16.1 Å². The number of urea groups is 1. The van der Waals surface area contributed by atoms with Crippen molar-refractivity contribution in [2.24, 2.45) is 11.7 Å². The molecule has 4 N–H and O–H groups in total. The highest BCUT2D eigenvalue weighted by molar-refractivity contribution is 5.95. The molecule has 0 aromatic heterocycles. The summed E-state index contributed by atoms with van der Waals surface area (Å²) in [6.45, 7) is 4.94. The number of carbonyl (C=O) groups excluding carboxylic acids is 3. The number of hydrogen-bond acceptors (Lipinski definition) is 3. The van der Waals surface area contributed by atoms with Crippen LogP contribution in [0.2, 0.25) is 0 Å². The maximum atomic E-state index is 12.3. The Kier molecular flexibility index (Phi) is 6.38. The summed E-state index contributed by atoms with van der Waals surface area (Å²) in [4.78, 5) is 37.0. The van der Waals surface area contributed by atoms with Crippen LogP contribution in [0.5, 0.6) is 0 Å². The van der Waals surface area contributed by atoms with Crippen LogP contribution in [0, 0.1) is 5.92 Å². The molecule has 136 valence electrons. The number of nitrogens with two attached hydrogens (primary N) is 1. The molecule has 2 rings (SSSR count). The number of carbonyl (C=O) groups is 3. The molecule has 1 aromatic carbocycles. The van der Waals surface area contributed by atoms with E-state index in [1.54, 1.807) is 4.90 Å². The zero-order valence-electron chi connectivity index (χ0n) is 14.7. The van der Waals surface area contributed by atoms with Gasteiger partial charge in [-0.25, -0.2) is 4.79 Å². The van der Waals surface area contributed by atoms with Crippen molar-refractivity contribution in [2.75, 3.05) is 11.4 Å². The van der Waals surface area contributed by atoms with Crippen LogP contribution in [-0.4, -0.2) is 30.4 Å². The third-order valence-corrected chi connectivity index (χ3v) is 4.58. The molecule has 25 heavy (non-hydrogen) atoms. The van der Waals surface area contributed by atoms with Gasteiger partial charge in [-0.15, -0.1) is 0 Å². The van der Waals surface area contributed by atoms with Crippen LogP contribution in [0.15, 0.2) is 24.3 Å². The van der Waals surface area contributed by atoms with Gasteiger partial charge in [0.1, 0.15) is 6.04 Å². The largest absolute Gasteiger partial charge is 0.352 e. The van der Waals surface area contributed by atoms with E-state index < -0.39 is 12.1 Å². The van der Waals surface area contributed by atoms with E-state index >= 15 is 0 Å². The molecule has 1 heterocycles. The normalized spacial score (nSPS) is 16.4. The molecular weight excluding hydrogens is 320 g/mol. The van der Waals surface area contributed by atoms with Gasteiger partial charge in [0.25, 0.3) is 0 Å². The third-order valence-electron chi connectivity index (χ3n) is 4.58. The second-order valence-corrected chi connectivity index (χ2v) is 6.40. The van der Waals surface area contributed by atoms with E-state index in [2.05, 4.69) is 10.6 Å². The molecule has 7 nitrogen and oxygen atoms in total. The van der Waals surface area contributed by atoms with Crippen molar-refractivity contribution in [1.29, 1.82) is 0 Å². The zero-order valence-corrected chi connectivity index (χ0v) is 14.7. The van der Waals surface area contributed by atoms with Crippen molar-refractivity contribution in [3.05, 3.63) is 29.8 Å². The molecule has 1 fully saturated rings. The summed E-state index contributed by atoms with van der Waals surface area (Å²) in [6, 6.07) is 6.20. The minimum atomic E-state index is -0.708. The molecule has 0 bridgehead atoms. The summed E-state index contributed by atoms with van der Waals surface area (Å²) in [5.74, 6) is -0.127. The van der Waals surface area contributed by atoms with Crippen LogP contribution in [0.3, 0.4) is 0 Å². The van der Waals surface area contributed by atoms with Gasteiger partial charge in [0.15, 0.2) is 0 Å². The smallest absolute Gasteiger partial charge is 0.312 e. The average Bonchev–Trinajstić information content (AvgIpc) is 3.03. The first kappa shape index (κ1) is 18.8. The summed E-state index contributed by atoms with van der Waals surface area (Å²) in [5, 5.41) is 5.33. The number of benzene rings is 1. The van der Waals surface area contributed by atoms with E-state index in [1.807, 2.05) is 38.1 Å². The molecule has 1 saturated heterocycles. The minimum absolute atomic E-state index is 0.0175. The van der Waals surface area contributed by atoms with Crippen molar-refractivity contribution in [1.82, 2.24) is 10.6 Å². The monoisotopic (exact) mass is 346 g/mol. The van der Waals surface area contributed by atoms with Gasteiger partial charge in [-0.2, -0.15) is 0 Å². The van der Waals surface area contributed by atoms with Gasteiger partial charge in [0.2, 0.25) is 11.8 Å². The molecule has 1 aliphatic heterocycles. The van der Waals surface area contributed by atoms with Crippen LogP contribution < -0.4 is 21.3 Å². The highest BCUT2D eigenvalue weighted by Crippen LogP contribution is 2.21. The fourth-order valence-electron chi connectivity index (χ4n) is 2.87. The Balaban J connectivity index is 1.94. The van der Waals surface area contributed by atoms with Gasteiger partial charge in [0, 0.05) is 25.2 Å². The molecule has 7 heteroatoms. The molecule has 2 atom stereocenters. The molecule has 0 radical (unpaired) electrons. The Bertz CT molecular complexity index is 630. The first-order valence-corrected chi connectivity index (χ1v) is 8.65. The standard InChI is InChI=1S/C18H26N4O3/c1-3-12(2)16(21-18(19)25)17(24)20-11-13-6-8-14(9-7-13)22-10-4-5-15(22)23/h6-9,12,16H,3-5,10-11H2,1-2H3,(H,20,24)(H3,19,21,25). The average molecular weight is 346 g/mol. The lowest BCUT2D eigenvalue weighted by Gasteiger charge is -2.22. The molecule has 0 saturated carbocycles. The van der Waals surface area contributed by atoms with Gasteiger partial charge in [-0.3, -0.25) is 9.59 Å². The van der Waals surface area contributed by atoms with Crippen molar-refractivity contribution >= 4 is 23.5 Å². The maximum absolute atomic E-state index is 12.3. The van der Waals surface area contributed by atoms with Gasteiger partial charge in [0.05, 0.1) is 0 Å². The van der Waals surface area contributed by atoms with Crippen molar-refractivity contribution in [2.45, 2.75) is 45.7 Å². The highest BCUT2D eigenvalue weighted by atomic mass is 16.2. The van der Waals surface area contributed by atoms with Gasteiger partial charge in [-0.05, 0) is 30.0 Å². The van der Waals surface area contributed by atoms with E-state index in [9.17, 15) is 14.4 Å². The SMILES string of the molecule is CCC(C)C(NC(N)=O)C(=O)NCc1ccc(N2CCCC2=O)cc1. The summed E-state index contributed by atoms with van der Waals surface area (Å²) in [5.41, 5.74) is 6.96. The van der Waals surface area contributed by atoms with Crippen molar-refractivity contribution in [3.63, 3.8) is 0 Å². The Labute approximate surface area is 147 Å². The number of amides is 4. The number of nitrogens with one attached hydrogen (secondary N) is 2. The van der Waals surface area contributed by atoms with E-state index in [4.69, 9.17) is 5.73 Å². The summed E-state index contributed by atoms with van der Waals surface area (Å²) >= 11 is 0. The summed E-state index contributed by atoms with van der Waals surface area (Å²) < 4.78 is 0. The maximum Gasteiger partial charge on any atom is 0.312 e. The van der Waals surface area contributed by atoms with Crippen LogP contribution >= 0.6 is 0 Å². The van der Waals surface area contributed by atoms with Crippen LogP contribution in [0.25, 0.3) is 0 Å². The predicted octanol–water partition coefficient (Wildman–Crippen LogP) is 1.51. The molecule has 1 aromatic rings. The van der Waals surface area contributed by atoms with E-state index in [0.29, 0.717) is 13.0 Å². The molecule has 0 spiro atoms. The lowest BCUT2D eigenvalue weighted by atomic mass is 9.98.